The van der Waals surface area contributed by atoms with Crippen molar-refractivity contribution in [2.45, 2.75) is 20.4 Å². The fourth-order valence-corrected chi connectivity index (χ4v) is 1.65. The molecular weight excluding hydrogens is 264 g/mol. The third-order valence-electron chi connectivity index (χ3n) is 2.66. The molecule has 106 valence electrons. The highest BCUT2D eigenvalue weighted by atomic mass is 16.4. The smallest absolute Gasteiger partial charge is 0.371 e. The van der Waals surface area contributed by atoms with Crippen molar-refractivity contribution in [2.75, 3.05) is 5.32 Å². The molecule has 0 aliphatic rings. The quantitative estimate of drug-likeness (QED) is 0.677. The van der Waals surface area contributed by atoms with Crippen LogP contribution in [0, 0.1) is 13.8 Å². The number of carbonyl (C=O) groups excluding carboxylic acids is 1. The number of furan rings is 1. The lowest BCUT2D eigenvalue weighted by Crippen LogP contribution is -2.28. The molecule has 0 aliphatic carbocycles. The predicted molar refractivity (Wildman–Crippen MR) is 69.6 cm³/mol. The van der Waals surface area contributed by atoms with E-state index in [1.165, 1.54) is 12.1 Å². The number of aromatic carboxylic acids is 1. The van der Waals surface area contributed by atoms with Gasteiger partial charge >= 0.3 is 12.0 Å². The highest BCUT2D eigenvalue weighted by Gasteiger charge is 2.12. The summed E-state index contributed by atoms with van der Waals surface area (Å²) >= 11 is 0. The van der Waals surface area contributed by atoms with Gasteiger partial charge in [-0.15, -0.1) is 0 Å². The molecule has 0 fully saturated rings. The molecule has 0 bridgehead atoms. The summed E-state index contributed by atoms with van der Waals surface area (Å²) in [7, 11) is 0. The Bertz CT molecular complexity index is 624. The Morgan fingerprint density at radius 2 is 2.15 bits per heavy atom. The van der Waals surface area contributed by atoms with Crippen LogP contribution in [0.15, 0.2) is 16.5 Å². The van der Waals surface area contributed by atoms with Crippen molar-refractivity contribution in [2.24, 2.45) is 0 Å². The van der Waals surface area contributed by atoms with Crippen LogP contribution >= 0.6 is 0 Å². The van der Waals surface area contributed by atoms with Gasteiger partial charge in [-0.25, -0.2) is 9.59 Å². The number of aromatic amines is 1. The van der Waals surface area contributed by atoms with Crippen LogP contribution < -0.4 is 10.6 Å². The van der Waals surface area contributed by atoms with E-state index >= 15 is 0 Å². The minimum absolute atomic E-state index is 0.0923. The van der Waals surface area contributed by atoms with Gasteiger partial charge in [0.1, 0.15) is 5.76 Å². The SMILES string of the molecule is Cc1n[nH]c(C)c1NC(=O)NCc1ccc(C(=O)O)o1. The number of hydrogen-bond acceptors (Lipinski definition) is 4. The summed E-state index contributed by atoms with van der Waals surface area (Å²) in [5, 5.41) is 20.6. The van der Waals surface area contributed by atoms with Gasteiger partial charge in [0, 0.05) is 0 Å². The largest absolute Gasteiger partial charge is 0.475 e. The first-order chi connectivity index (χ1) is 9.47. The number of nitrogens with one attached hydrogen (secondary N) is 3. The van der Waals surface area contributed by atoms with Crippen molar-refractivity contribution in [3.63, 3.8) is 0 Å². The van der Waals surface area contributed by atoms with Gasteiger partial charge < -0.3 is 20.2 Å². The highest BCUT2D eigenvalue weighted by Crippen LogP contribution is 2.15. The fraction of sp³-hybridized carbons (Fsp3) is 0.250. The molecule has 2 heterocycles. The van der Waals surface area contributed by atoms with Gasteiger partial charge in [-0.05, 0) is 26.0 Å². The second kappa shape index (κ2) is 5.47. The Morgan fingerprint density at radius 3 is 2.70 bits per heavy atom. The highest BCUT2D eigenvalue weighted by molar-refractivity contribution is 5.90. The molecule has 2 aromatic rings. The number of aryl methyl sites for hydroxylation is 2. The predicted octanol–water partition coefficient (Wildman–Crippen LogP) is 1.64. The number of carboxylic acid groups (broad SMARTS) is 1. The molecule has 0 radical (unpaired) electrons. The molecule has 8 nitrogen and oxygen atoms in total. The Morgan fingerprint density at radius 1 is 1.40 bits per heavy atom. The number of amides is 2. The molecular formula is C12H14N4O4. The number of nitrogens with zero attached hydrogens (tertiary/aromatic N) is 1. The molecule has 0 atom stereocenters. The van der Waals surface area contributed by atoms with Crippen LogP contribution in [-0.4, -0.2) is 27.3 Å². The molecule has 4 N–H and O–H groups in total. The summed E-state index contributed by atoms with van der Waals surface area (Å²) in [5.41, 5.74) is 2.06. The molecule has 20 heavy (non-hydrogen) atoms. The van der Waals surface area contributed by atoms with Crippen molar-refractivity contribution < 1.29 is 19.1 Å². The van der Waals surface area contributed by atoms with Gasteiger partial charge in [-0.2, -0.15) is 5.10 Å². The maximum absolute atomic E-state index is 11.7. The molecule has 0 aliphatic heterocycles. The Balaban J connectivity index is 1.90. The second-order valence-corrected chi connectivity index (χ2v) is 4.19. The van der Waals surface area contributed by atoms with Crippen LogP contribution in [0.3, 0.4) is 0 Å². The molecule has 0 saturated heterocycles. The van der Waals surface area contributed by atoms with Gasteiger partial charge in [0.15, 0.2) is 0 Å². The molecule has 8 heteroatoms. The Labute approximate surface area is 114 Å². The number of anilines is 1. The maximum atomic E-state index is 11.7. The van der Waals surface area contributed by atoms with Crippen LogP contribution in [0.1, 0.15) is 27.7 Å². The van der Waals surface area contributed by atoms with Crippen LogP contribution in [0.2, 0.25) is 0 Å². The van der Waals surface area contributed by atoms with Crippen LogP contribution in [-0.2, 0) is 6.54 Å². The van der Waals surface area contributed by atoms with Crippen LogP contribution in [0.4, 0.5) is 10.5 Å². The normalized spacial score (nSPS) is 10.3. The number of carbonyl (C=O) groups is 2. The van der Waals surface area contributed by atoms with Crippen molar-refractivity contribution in [3.05, 3.63) is 35.0 Å². The van der Waals surface area contributed by atoms with E-state index in [9.17, 15) is 9.59 Å². The lowest BCUT2D eigenvalue weighted by atomic mass is 10.3. The molecule has 0 aromatic carbocycles. The maximum Gasteiger partial charge on any atom is 0.371 e. The fourth-order valence-electron chi connectivity index (χ4n) is 1.65. The zero-order valence-corrected chi connectivity index (χ0v) is 11.0. The number of rotatable bonds is 4. The summed E-state index contributed by atoms with van der Waals surface area (Å²) in [5.74, 6) is -0.952. The average molecular weight is 278 g/mol. The zero-order valence-electron chi connectivity index (χ0n) is 11.0. The third-order valence-corrected chi connectivity index (χ3v) is 2.66. The van der Waals surface area contributed by atoms with Gasteiger partial charge in [-0.3, -0.25) is 5.10 Å². The number of H-pyrrole nitrogens is 1. The van der Waals surface area contributed by atoms with E-state index in [1.807, 2.05) is 0 Å². The lowest BCUT2D eigenvalue weighted by Gasteiger charge is -2.06. The van der Waals surface area contributed by atoms with Crippen molar-refractivity contribution >= 4 is 17.7 Å². The summed E-state index contributed by atoms with van der Waals surface area (Å²) in [4.78, 5) is 22.3. The van der Waals surface area contributed by atoms with Gasteiger partial charge in [0.25, 0.3) is 0 Å². The Hall–Kier alpha value is -2.77. The van der Waals surface area contributed by atoms with Crippen molar-refractivity contribution in [1.29, 1.82) is 0 Å². The monoisotopic (exact) mass is 278 g/mol. The molecule has 0 spiro atoms. The number of hydrogen-bond donors (Lipinski definition) is 4. The summed E-state index contributed by atoms with van der Waals surface area (Å²) in [6.07, 6.45) is 0. The van der Waals surface area contributed by atoms with E-state index in [1.54, 1.807) is 13.8 Å². The Kier molecular flexibility index (Phi) is 3.74. The number of carboxylic acids is 1. The third kappa shape index (κ3) is 2.97. The second-order valence-electron chi connectivity index (χ2n) is 4.19. The summed E-state index contributed by atoms with van der Waals surface area (Å²) in [6.45, 7) is 3.65. The molecule has 2 rings (SSSR count). The van der Waals surface area contributed by atoms with Gasteiger partial charge in [-0.1, -0.05) is 0 Å². The van der Waals surface area contributed by atoms with E-state index < -0.39 is 12.0 Å². The lowest BCUT2D eigenvalue weighted by molar-refractivity contribution is 0.0660. The summed E-state index contributed by atoms with van der Waals surface area (Å²) in [6, 6.07) is 2.41. The topological polar surface area (TPSA) is 120 Å². The molecule has 2 amide bonds. The first-order valence-corrected chi connectivity index (χ1v) is 5.86. The number of aromatic nitrogens is 2. The van der Waals surface area contributed by atoms with Crippen LogP contribution in [0.25, 0.3) is 0 Å². The van der Waals surface area contributed by atoms with Crippen LogP contribution in [0.5, 0.6) is 0 Å². The van der Waals surface area contributed by atoms with E-state index in [4.69, 9.17) is 9.52 Å². The first kappa shape index (κ1) is 13.7. The van der Waals surface area contributed by atoms with Gasteiger partial charge in [0.2, 0.25) is 5.76 Å². The molecule has 0 unspecified atom stereocenters. The van der Waals surface area contributed by atoms with E-state index in [0.29, 0.717) is 17.1 Å². The number of urea groups is 1. The van der Waals surface area contributed by atoms with E-state index in [0.717, 1.165) is 5.69 Å². The van der Waals surface area contributed by atoms with E-state index in [2.05, 4.69) is 20.8 Å². The van der Waals surface area contributed by atoms with Crippen molar-refractivity contribution in [1.82, 2.24) is 15.5 Å². The van der Waals surface area contributed by atoms with Crippen molar-refractivity contribution in [3.8, 4) is 0 Å². The standard InChI is InChI=1S/C12H14N4O4/c1-6-10(7(2)16-15-6)14-12(19)13-5-8-3-4-9(20-8)11(17)18/h3-4H,5H2,1-2H3,(H,15,16)(H,17,18)(H2,13,14,19). The minimum Gasteiger partial charge on any atom is -0.475 e. The molecule has 0 saturated carbocycles. The van der Waals surface area contributed by atoms with E-state index in [-0.39, 0.29) is 12.3 Å². The molecule has 2 aromatic heterocycles. The zero-order chi connectivity index (χ0) is 14.7. The summed E-state index contributed by atoms with van der Waals surface area (Å²) < 4.78 is 5.02. The average Bonchev–Trinajstić information content (AvgIpc) is 2.98. The van der Waals surface area contributed by atoms with Gasteiger partial charge in [0.05, 0.1) is 23.6 Å². The minimum atomic E-state index is -1.15. The first-order valence-electron chi connectivity index (χ1n) is 5.86.